The fourth-order valence-electron chi connectivity index (χ4n) is 3.77. The SMILES string of the molecule is C=CCOC(=O)C1=C(SCCO)[C@@H](C)[C@H]2[C@H]([C@@H](C)O[Si](C)(C)C(C)(C)C)C(=O)N12. The summed E-state index contributed by atoms with van der Waals surface area (Å²) in [7, 11) is -2.03. The van der Waals surface area contributed by atoms with Crippen molar-refractivity contribution in [3.8, 4) is 0 Å². The summed E-state index contributed by atoms with van der Waals surface area (Å²) in [5.41, 5.74) is 0.323. The summed E-state index contributed by atoms with van der Waals surface area (Å²) in [5.74, 6) is -0.421. The van der Waals surface area contributed by atoms with Crippen molar-refractivity contribution in [2.45, 2.75) is 64.9 Å². The van der Waals surface area contributed by atoms with Crippen molar-refractivity contribution in [3.63, 3.8) is 0 Å². The first-order valence-electron chi connectivity index (χ1n) is 10.2. The molecule has 1 N–H and O–H groups in total. The van der Waals surface area contributed by atoms with Crippen LogP contribution in [0.3, 0.4) is 0 Å². The van der Waals surface area contributed by atoms with E-state index >= 15 is 0 Å². The van der Waals surface area contributed by atoms with Gasteiger partial charge >= 0.3 is 5.97 Å². The number of rotatable bonds is 9. The van der Waals surface area contributed by atoms with Gasteiger partial charge in [-0.3, -0.25) is 4.79 Å². The molecule has 0 saturated carbocycles. The second-order valence-electron chi connectivity index (χ2n) is 9.27. The molecule has 0 bridgehead atoms. The molecule has 1 amide bonds. The van der Waals surface area contributed by atoms with Crippen molar-refractivity contribution >= 4 is 32.0 Å². The summed E-state index contributed by atoms with van der Waals surface area (Å²) in [6, 6.07) is -0.116. The van der Waals surface area contributed by atoms with Gasteiger partial charge in [0.15, 0.2) is 8.32 Å². The van der Waals surface area contributed by atoms with Crippen molar-refractivity contribution in [2.24, 2.45) is 11.8 Å². The number of hydrogen-bond acceptors (Lipinski definition) is 6. The average molecular weight is 442 g/mol. The highest BCUT2D eigenvalue weighted by atomic mass is 32.2. The van der Waals surface area contributed by atoms with Gasteiger partial charge in [-0.25, -0.2) is 4.79 Å². The molecule has 2 aliphatic heterocycles. The van der Waals surface area contributed by atoms with Gasteiger partial charge in [0.1, 0.15) is 12.3 Å². The number of nitrogens with zero attached hydrogens (tertiary/aromatic N) is 1. The van der Waals surface area contributed by atoms with Crippen molar-refractivity contribution in [1.82, 2.24) is 4.90 Å². The van der Waals surface area contributed by atoms with Crippen LogP contribution >= 0.6 is 11.8 Å². The third-order valence-corrected chi connectivity index (χ3v) is 12.1. The molecule has 0 aromatic carbocycles. The maximum absolute atomic E-state index is 13.1. The van der Waals surface area contributed by atoms with Crippen LogP contribution < -0.4 is 0 Å². The van der Waals surface area contributed by atoms with Crippen LogP contribution in [0.15, 0.2) is 23.3 Å². The summed E-state index contributed by atoms with van der Waals surface area (Å²) >= 11 is 1.42. The van der Waals surface area contributed by atoms with E-state index in [4.69, 9.17) is 9.16 Å². The Balaban J connectivity index is 2.27. The van der Waals surface area contributed by atoms with Crippen molar-refractivity contribution in [2.75, 3.05) is 19.0 Å². The smallest absolute Gasteiger partial charge is 0.356 e. The summed E-state index contributed by atoms with van der Waals surface area (Å²) in [5, 5.41) is 9.30. The fraction of sp³-hybridized carbons (Fsp3) is 0.714. The summed E-state index contributed by atoms with van der Waals surface area (Å²) in [4.78, 5) is 28.2. The highest BCUT2D eigenvalue weighted by Crippen LogP contribution is 2.51. The summed E-state index contributed by atoms with van der Waals surface area (Å²) < 4.78 is 11.8. The molecule has 2 heterocycles. The molecule has 1 saturated heterocycles. The van der Waals surface area contributed by atoms with Crippen LogP contribution in [-0.2, 0) is 18.8 Å². The molecule has 0 radical (unpaired) electrons. The minimum Gasteiger partial charge on any atom is -0.457 e. The number of ether oxygens (including phenoxy) is 1. The van der Waals surface area contributed by atoms with Crippen molar-refractivity contribution < 1.29 is 23.9 Å². The fourth-order valence-corrected chi connectivity index (χ4v) is 6.23. The average Bonchev–Trinajstić information content (AvgIpc) is 2.85. The Bertz CT molecular complexity index is 700. The third kappa shape index (κ3) is 4.50. The molecule has 0 spiro atoms. The lowest BCUT2D eigenvalue weighted by atomic mass is 9.79. The van der Waals surface area contributed by atoms with Gasteiger partial charge in [-0.2, -0.15) is 0 Å². The van der Waals surface area contributed by atoms with E-state index in [1.54, 1.807) is 4.90 Å². The molecule has 6 nitrogen and oxygen atoms in total. The Kier molecular flexibility index (Phi) is 7.47. The zero-order valence-corrected chi connectivity index (χ0v) is 20.5. The predicted octanol–water partition coefficient (Wildman–Crippen LogP) is 3.54. The molecule has 0 unspecified atom stereocenters. The topological polar surface area (TPSA) is 76.1 Å². The van der Waals surface area contributed by atoms with Crippen LogP contribution in [0.5, 0.6) is 0 Å². The van der Waals surface area contributed by atoms with Crippen LogP contribution in [0.25, 0.3) is 0 Å². The maximum Gasteiger partial charge on any atom is 0.356 e. The first-order valence-corrected chi connectivity index (χ1v) is 14.0. The first kappa shape index (κ1) is 24.2. The molecule has 0 aliphatic carbocycles. The van der Waals surface area contributed by atoms with Gasteiger partial charge in [-0.05, 0) is 25.1 Å². The number of hydrogen-bond donors (Lipinski definition) is 1. The monoisotopic (exact) mass is 441 g/mol. The van der Waals surface area contributed by atoms with E-state index in [1.165, 1.54) is 17.8 Å². The van der Waals surface area contributed by atoms with E-state index < -0.39 is 14.3 Å². The second kappa shape index (κ2) is 8.96. The van der Waals surface area contributed by atoms with E-state index in [2.05, 4.69) is 40.4 Å². The minimum atomic E-state index is -2.03. The first-order chi connectivity index (χ1) is 13.4. The number of aliphatic hydroxyl groups excluding tert-OH is 1. The number of carbonyl (C=O) groups excluding carboxylic acids is 2. The summed E-state index contributed by atoms with van der Waals surface area (Å²) in [6.07, 6.45) is 1.28. The lowest BCUT2D eigenvalue weighted by Gasteiger charge is -2.50. The second-order valence-corrected chi connectivity index (χ2v) is 15.2. The zero-order valence-electron chi connectivity index (χ0n) is 18.7. The number of β-lactam (4-membered cyclic amide) rings is 1. The van der Waals surface area contributed by atoms with E-state index in [-0.39, 0.29) is 48.1 Å². The maximum atomic E-state index is 13.1. The number of fused-ring (bicyclic) bond motifs is 1. The Labute approximate surface area is 179 Å². The van der Waals surface area contributed by atoms with E-state index in [9.17, 15) is 14.7 Å². The highest BCUT2D eigenvalue weighted by Gasteiger charge is 2.61. The standard InChI is InChI=1S/C21H35NO5SSi/c1-9-11-26-20(25)17-18(28-12-10-23)13(2)16-15(19(24)22(16)17)14(3)27-29(7,8)21(4,5)6/h9,13-16,23H,1,10-12H2,2-8H3/t13-,14+,15-,16-/m0/s1. The normalized spacial score (nSPS) is 25.6. The van der Waals surface area contributed by atoms with Crippen LogP contribution in [-0.4, -0.2) is 61.3 Å². The lowest BCUT2D eigenvalue weighted by molar-refractivity contribution is -0.163. The molecule has 164 valence electrons. The molecule has 8 heteroatoms. The minimum absolute atomic E-state index is 0.00278. The Hall–Kier alpha value is -1.09. The molecule has 2 rings (SSSR count). The molecule has 0 aromatic heterocycles. The van der Waals surface area contributed by atoms with Gasteiger partial charge in [0, 0.05) is 16.6 Å². The number of carbonyl (C=O) groups is 2. The molecule has 4 atom stereocenters. The van der Waals surface area contributed by atoms with Crippen molar-refractivity contribution in [1.29, 1.82) is 0 Å². The van der Waals surface area contributed by atoms with Gasteiger partial charge in [-0.15, -0.1) is 11.8 Å². The van der Waals surface area contributed by atoms with Gasteiger partial charge in [-0.1, -0.05) is 40.3 Å². The van der Waals surface area contributed by atoms with Crippen LogP contribution in [0, 0.1) is 11.8 Å². The number of aliphatic hydroxyl groups is 1. The van der Waals surface area contributed by atoms with Crippen LogP contribution in [0.2, 0.25) is 18.1 Å². The molecule has 29 heavy (non-hydrogen) atoms. The van der Waals surface area contributed by atoms with Crippen molar-refractivity contribution in [3.05, 3.63) is 23.3 Å². The Morgan fingerprint density at radius 1 is 1.41 bits per heavy atom. The number of esters is 1. The lowest BCUT2D eigenvalue weighted by Crippen LogP contribution is -2.65. The Morgan fingerprint density at radius 3 is 2.55 bits per heavy atom. The van der Waals surface area contributed by atoms with Gasteiger partial charge < -0.3 is 19.2 Å². The third-order valence-electron chi connectivity index (χ3n) is 6.26. The largest absolute Gasteiger partial charge is 0.457 e. The molecule has 2 aliphatic rings. The van der Waals surface area contributed by atoms with Gasteiger partial charge in [0.25, 0.3) is 0 Å². The molecule has 1 fully saturated rings. The zero-order chi connectivity index (χ0) is 22.1. The van der Waals surface area contributed by atoms with E-state index in [0.29, 0.717) is 11.4 Å². The number of amides is 1. The van der Waals surface area contributed by atoms with Crippen LogP contribution in [0.4, 0.5) is 0 Å². The van der Waals surface area contributed by atoms with Crippen LogP contribution in [0.1, 0.15) is 34.6 Å². The number of thioether (sulfide) groups is 1. The van der Waals surface area contributed by atoms with E-state index in [0.717, 1.165) is 4.91 Å². The van der Waals surface area contributed by atoms with Gasteiger partial charge in [0.2, 0.25) is 5.91 Å². The molecular weight excluding hydrogens is 406 g/mol. The Morgan fingerprint density at radius 2 is 2.03 bits per heavy atom. The van der Waals surface area contributed by atoms with E-state index in [1.807, 2.05) is 13.8 Å². The summed E-state index contributed by atoms with van der Waals surface area (Å²) in [6.45, 7) is 18.6. The molecular formula is C21H35NO5SSi. The van der Waals surface area contributed by atoms with Gasteiger partial charge in [0.05, 0.1) is 24.7 Å². The predicted molar refractivity (Wildman–Crippen MR) is 119 cm³/mol. The molecule has 0 aromatic rings. The highest BCUT2D eigenvalue weighted by molar-refractivity contribution is 8.03. The quantitative estimate of drug-likeness (QED) is 0.255.